The minimum absolute atomic E-state index is 0.257. The first-order valence-corrected chi connectivity index (χ1v) is 4.50. The highest BCUT2D eigenvalue weighted by atomic mass is 16.3. The molecule has 1 aromatic rings. The van der Waals surface area contributed by atoms with Gasteiger partial charge in [0.05, 0.1) is 0 Å². The van der Waals surface area contributed by atoms with Crippen LogP contribution in [0.25, 0.3) is 0 Å². The molecule has 0 aliphatic carbocycles. The maximum Gasteiger partial charge on any atom is 0.333 e. The van der Waals surface area contributed by atoms with E-state index < -0.39 is 29.2 Å². The summed E-state index contributed by atoms with van der Waals surface area (Å²) in [7, 11) is 0. The van der Waals surface area contributed by atoms with Crippen LogP contribution in [0.1, 0.15) is 0 Å². The van der Waals surface area contributed by atoms with Crippen LogP contribution in [0.2, 0.25) is 0 Å². The van der Waals surface area contributed by atoms with Crippen LogP contribution in [0.15, 0.2) is 12.1 Å². The number of phenols is 2. The normalized spacial score (nSPS) is 9.89. The van der Waals surface area contributed by atoms with Gasteiger partial charge in [-0.1, -0.05) is 0 Å². The lowest BCUT2D eigenvalue weighted by Crippen LogP contribution is -2.43. The van der Waals surface area contributed by atoms with Crippen molar-refractivity contribution >= 4 is 23.4 Å². The van der Waals surface area contributed by atoms with Gasteiger partial charge in [-0.25, -0.2) is 31.3 Å². The zero-order chi connectivity index (χ0) is 14.0. The van der Waals surface area contributed by atoms with Crippen LogP contribution in [0.5, 0.6) is 11.5 Å². The van der Waals surface area contributed by atoms with Gasteiger partial charge in [-0.15, -0.1) is 0 Å². The minimum Gasteiger partial charge on any atom is -0.506 e. The maximum atomic E-state index is 10.9. The number of nitrogens with two attached hydrogens (primary N) is 4. The van der Waals surface area contributed by atoms with Crippen molar-refractivity contribution in [2.45, 2.75) is 0 Å². The maximum absolute atomic E-state index is 10.9. The highest BCUT2D eigenvalue weighted by molar-refractivity contribution is 5.98. The van der Waals surface area contributed by atoms with Crippen LogP contribution in [0.3, 0.4) is 0 Å². The third kappa shape index (κ3) is 2.18. The Morgan fingerprint density at radius 1 is 1.00 bits per heavy atom. The number of amides is 4. The molecule has 10 N–H and O–H groups in total. The fraction of sp³-hybridized carbons (Fsp3) is 0. The summed E-state index contributed by atoms with van der Waals surface area (Å²) in [6.45, 7) is 0. The molecule has 98 valence electrons. The van der Waals surface area contributed by atoms with Crippen molar-refractivity contribution in [3.05, 3.63) is 12.1 Å². The van der Waals surface area contributed by atoms with E-state index in [1.54, 1.807) is 0 Å². The van der Waals surface area contributed by atoms with E-state index in [1.807, 2.05) is 0 Å². The lowest BCUT2D eigenvalue weighted by molar-refractivity contribution is 0.253. The van der Waals surface area contributed by atoms with Crippen LogP contribution in [-0.4, -0.2) is 22.3 Å². The van der Waals surface area contributed by atoms with Crippen molar-refractivity contribution in [2.24, 2.45) is 23.2 Å². The highest BCUT2D eigenvalue weighted by Gasteiger charge is 2.23. The number of hydrogen-bond acceptors (Lipinski definition) is 6. The first-order chi connectivity index (χ1) is 8.27. The second-order valence-corrected chi connectivity index (χ2v) is 3.22. The highest BCUT2D eigenvalue weighted by Crippen LogP contribution is 2.41. The monoisotopic (exact) mass is 256 g/mol. The van der Waals surface area contributed by atoms with Crippen molar-refractivity contribution in [2.75, 3.05) is 10.0 Å². The van der Waals surface area contributed by atoms with Gasteiger partial charge in [0.25, 0.3) is 0 Å². The predicted molar refractivity (Wildman–Crippen MR) is 62.3 cm³/mol. The molecule has 0 saturated heterocycles. The predicted octanol–water partition coefficient (Wildman–Crippen LogP) is -1.38. The molecule has 0 spiro atoms. The van der Waals surface area contributed by atoms with E-state index in [2.05, 4.69) is 0 Å². The van der Waals surface area contributed by atoms with Gasteiger partial charge in [0.1, 0.15) is 17.1 Å². The number of hydrogen-bond donors (Lipinski definition) is 6. The molecule has 0 aliphatic rings. The van der Waals surface area contributed by atoms with Gasteiger partial charge in [-0.2, -0.15) is 0 Å². The van der Waals surface area contributed by atoms with Crippen molar-refractivity contribution in [1.29, 1.82) is 0 Å². The van der Waals surface area contributed by atoms with Gasteiger partial charge in [-0.3, -0.25) is 0 Å². The van der Waals surface area contributed by atoms with Crippen LogP contribution < -0.4 is 33.2 Å². The van der Waals surface area contributed by atoms with Crippen molar-refractivity contribution < 1.29 is 19.8 Å². The van der Waals surface area contributed by atoms with Gasteiger partial charge in [0, 0.05) is 0 Å². The number of hydrazine groups is 2. The van der Waals surface area contributed by atoms with E-state index in [-0.39, 0.29) is 5.69 Å². The molecular formula is C8H12N6O4. The number of carbonyl (C=O) groups excluding carboxylic acids is 2. The molecule has 0 aromatic heterocycles. The standard InChI is InChI=1S/C8H12N6O4/c9-7(17)13(11)3-1-2-4(15)5(6(3)16)14(12)8(10)18/h1-2,15-16H,11-12H2,(H2,9,17)(H2,10,18). The summed E-state index contributed by atoms with van der Waals surface area (Å²) in [4.78, 5) is 21.7. The number of aromatic hydroxyl groups is 2. The van der Waals surface area contributed by atoms with Gasteiger partial charge in [0.15, 0.2) is 5.75 Å². The van der Waals surface area contributed by atoms with E-state index >= 15 is 0 Å². The number of phenolic OH excluding ortho intramolecular Hbond substituents is 2. The number of carbonyl (C=O) groups is 2. The number of benzene rings is 1. The molecule has 0 radical (unpaired) electrons. The topological polar surface area (TPSA) is 185 Å². The van der Waals surface area contributed by atoms with Crippen LogP contribution in [0.4, 0.5) is 21.0 Å². The summed E-state index contributed by atoms with van der Waals surface area (Å²) in [5, 5.41) is 20.0. The summed E-state index contributed by atoms with van der Waals surface area (Å²) in [6, 6.07) is -0.0472. The smallest absolute Gasteiger partial charge is 0.333 e. The Labute approximate surface area is 101 Å². The first-order valence-electron chi connectivity index (χ1n) is 4.50. The van der Waals surface area contributed by atoms with Gasteiger partial charge < -0.3 is 21.7 Å². The summed E-state index contributed by atoms with van der Waals surface area (Å²) >= 11 is 0. The molecule has 18 heavy (non-hydrogen) atoms. The van der Waals surface area contributed by atoms with Crippen LogP contribution in [-0.2, 0) is 0 Å². The van der Waals surface area contributed by atoms with E-state index in [1.165, 1.54) is 0 Å². The molecule has 0 aliphatic heterocycles. The Balaban J connectivity index is 3.40. The fourth-order valence-corrected chi connectivity index (χ4v) is 1.22. The number of primary amides is 2. The Kier molecular flexibility index (Phi) is 3.45. The van der Waals surface area contributed by atoms with E-state index in [0.29, 0.717) is 10.0 Å². The zero-order valence-electron chi connectivity index (χ0n) is 9.07. The molecular weight excluding hydrogens is 244 g/mol. The molecule has 1 aromatic carbocycles. The number of anilines is 2. The second-order valence-electron chi connectivity index (χ2n) is 3.22. The summed E-state index contributed by atoms with van der Waals surface area (Å²) in [6.07, 6.45) is 0. The number of urea groups is 2. The van der Waals surface area contributed by atoms with Crippen molar-refractivity contribution in [1.82, 2.24) is 0 Å². The average molecular weight is 256 g/mol. The van der Waals surface area contributed by atoms with Crippen molar-refractivity contribution in [3.8, 4) is 11.5 Å². The Morgan fingerprint density at radius 3 is 1.94 bits per heavy atom. The molecule has 4 amide bonds. The molecule has 0 atom stereocenters. The van der Waals surface area contributed by atoms with Crippen LogP contribution in [0, 0.1) is 0 Å². The second kappa shape index (κ2) is 4.65. The quantitative estimate of drug-likeness (QED) is 0.215. The van der Waals surface area contributed by atoms with Crippen LogP contribution >= 0.6 is 0 Å². The van der Waals surface area contributed by atoms with E-state index in [0.717, 1.165) is 12.1 Å². The SMILES string of the molecule is NC(=O)N(N)c1ccc(O)c(N(N)C(N)=O)c1O. The van der Waals surface area contributed by atoms with Crippen molar-refractivity contribution in [3.63, 3.8) is 0 Å². The van der Waals surface area contributed by atoms with Gasteiger partial charge in [-0.05, 0) is 12.1 Å². The minimum atomic E-state index is -1.14. The molecule has 1 rings (SSSR count). The lowest BCUT2D eigenvalue weighted by atomic mass is 10.2. The Morgan fingerprint density at radius 2 is 1.50 bits per heavy atom. The molecule has 0 fully saturated rings. The largest absolute Gasteiger partial charge is 0.506 e. The average Bonchev–Trinajstić information content (AvgIpc) is 2.27. The summed E-state index contributed by atoms with van der Waals surface area (Å²) < 4.78 is 0. The van der Waals surface area contributed by atoms with E-state index in [4.69, 9.17) is 23.2 Å². The summed E-state index contributed by atoms with van der Waals surface area (Å²) in [5.41, 5.74) is 9.05. The molecule has 10 nitrogen and oxygen atoms in total. The Hall–Kier alpha value is -2.72. The molecule has 10 heteroatoms. The van der Waals surface area contributed by atoms with Gasteiger partial charge in [0.2, 0.25) is 0 Å². The van der Waals surface area contributed by atoms with E-state index in [9.17, 15) is 19.8 Å². The first kappa shape index (κ1) is 13.3. The molecule has 0 heterocycles. The molecule has 0 bridgehead atoms. The lowest BCUT2D eigenvalue weighted by Gasteiger charge is -2.21. The third-order valence-electron chi connectivity index (χ3n) is 2.08. The number of nitrogens with zero attached hydrogens (tertiary/aromatic N) is 2. The van der Waals surface area contributed by atoms with Gasteiger partial charge >= 0.3 is 12.1 Å². The molecule has 0 saturated carbocycles. The molecule has 0 unspecified atom stereocenters. The third-order valence-corrected chi connectivity index (χ3v) is 2.08. The summed E-state index contributed by atoms with van der Waals surface area (Å²) in [5.74, 6) is 9.27. The zero-order valence-corrected chi connectivity index (χ0v) is 9.07. The number of rotatable bonds is 2. The fourth-order valence-electron chi connectivity index (χ4n) is 1.22. The Bertz CT molecular complexity index is 505.